The summed E-state index contributed by atoms with van der Waals surface area (Å²) in [6, 6.07) is 6.28. The van der Waals surface area contributed by atoms with Crippen LogP contribution in [0.1, 0.15) is 51.4 Å². The highest BCUT2D eigenvalue weighted by molar-refractivity contribution is 5.92. The van der Waals surface area contributed by atoms with Crippen molar-refractivity contribution in [1.29, 1.82) is 0 Å². The van der Waals surface area contributed by atoms with Crippen LogP contribution in [0.3, 0.4) is 0 Å². The molecule has 0 radical (unpaired) electrons. The van der Waals surface area contributed by atoms with E-state index in [4.69, 9.17) is 0 Å². The zero-order chi connectivity index (χ0) is 16.9. The van der Waals surface area contributed by atoms with Gasteiger partial charge < -0.3 is 10.6 Å². The van der Waals surface area contributed by atoms with Crippen LogP contribution in [0, 0.1) is 17.7 Å². The van der Waals surface area contributed by atoms with Crippen molar-refractivity contribution in [3.8, 4) is 0 Å². The maximum Gasteiger partial charge on any atom is 0.227 e. The van der Waals surface area contributed by atoms with Crippen LogP contribution < -0.4 is 10.6 Å². The fourth-order valence-electron chi connectivity index (χ4n) is 3.82. The van der Waals surface area contributed by atoms with E-state index in [-0.39, 0.29) is 29.5 Å². The van der Waals surface area contributed by atoms with E-state index in [0.29, 0.717) is 24.6 Å². The van der Waals surface area contributed by atoms with Crippen molar-refractivity contribution in [2.75, 3.05) is 5.32 Å². The monoisotopic (exact) mass is 332 g/mol. The van der Waals surface area contributed by atoms with Gasteiger partial charge in [0, 0.05) is 23.6 Å². The lowest BCUT2D eigenvalue weighted by molar-refractivity contribution is -0.129. The van der Waals surface area contributed by atoms with E-state index in [1.807, 2.05) is 0 Å². The minimum absolute atomic E-state index is 0.0313. The lowest BCUT2D eigenvalue weighted by atomic mass is 9.81. The Kier molecular flexibility index (Phi) is 5.48. The summed E-state index contributed by atoms with van der Waals surface area (Å²) in [4.78, 5) is 24.6. The molecule has 0 atom stereocenters. The highest BCUT2D eigenvalue weighted by atomic mass is 19.1. The highest BCUT2D eigenvalue weighted by Gasteiger charge is 2.31. The van der Waals surface area contributed by atoms with Crippen molar-refractivity contribution in [1.82, 2.24) is 5.32 Å². The summed E-state index contributed by atoms with van der Waals surface area (Å²) in [5.41, 5.74) is 0.487. The van der Waals surface area contributed by atoms with Crippen LogP contribution in [0.2, 0.25) is 0 Å². The first-order chi connectivity index (χ1) is 11.6. The van der Waals surface area contributed by atoms with E-state index in [0.717, 1.165) is 25.7 Å². The normalized spacial score (nSPS) is 24.5. The molecular weight excluding hydrogens is 307 g/mol. The molecule has 24 heavy (non-hydrogen) atoms. The third kappa shape index (κ3) is 4.34. The number of nitrogens with one attached hydrogen (secondary N) is 2. The molecule has 1 aromatic carbocycles. The first-order valence-corrected chi connectivity index (χ1v) is 8.98. The summed E-state index contributed by atoms with van der Waals surface area (Å²) < 4.78 is 13.2. The van der Waals surface area contributed by atoms with Gasteiger partial charge >= 0.3 is 0 Å². The van der Waals surface area contributed by atoms with Gasteiger partial charge in [-0.05, 0) is 56.7 Å². The molecule has 2 aliphatic rings. The number of rotatable bonds is 4. The Hall–Kier alpha value is -1.91. The molecule has 2 aliphatic carbocycles. The van der Waals surface area contributed by atoms with Gasteiger partial charge in [0.1, 0.15) is 5.82 Å². The summed E-state index contributed by atoms with van der Waals surface area (Å²) in [7, 11) is 0. The molecule has 5 heteroatoms. The maximum absolute atomic E-state index is 13.2. The summed E-state index contributed by atoms with van der Waals surface area (Å²) in [5.74, 6) is -0.339. The number of halogens is 1. The number of carbonyl (C=O) groups excluding carboxylic acids is 2. The first kappa shape index (κ1) is 16.9. The smallest absolute Gasteiger partial charge is 0.227 e. The standard InChI is InChI=1S/C19H25FN2O2/c20-15-4-3-7-17(12-15)22-19(24)14-10-8-13(9-11-14)18(23)21-16-5-1-2-6-16/h3-4,7,12-14,16H,1-2,5-6,8-11H2,(H,21,23)(H,22,24). The molecule has 130 valence electrons. The molecule has 0 saturated heterocycles. The second-order valence-electron chi connectivity index (χ2n) is 7.04. The zero-order valence-corrected chi connectivity index (χ0v) is 13.9. The Labute approximate surface area is 142 Å². The molecule has 2 saturated carbocycles. The molecule has 2 amide bonds. The van der Waals surface area contributed by atoms with Gasteiger partial charge in [0.05, 0.1) is 0 Å². The van der Waals surface area contributed by atoms with Crippen molar-refractivity contribution in [2.24, 2.45) is 11.8 Å². The van der Waals surface area contributed by atoms with Crippen LogP contribution in [0.4, 0.5) is 10.1 Å². The van der Waals surface area contributed by atoms with Crippen LogP contribution in [0.15, 0.2) is 24.3 Å². The van der Waals surface area contributed by atoms with Gasteiger partial charge in [0.15, 0.2) is 0 Å². The number of anilines is 1. The van der Waals surface area contributed by atoms with Crippen LogP contribution in [-0.4, -0.2) is 17.9 Å². The SMILES string of the molecule is O=C(Nc1cccc(F)c1)C1CCC(C(=O)NC2CCCC2)CC1. The molecule has 0 spiro atoms. The molecule has 0 unspecified atom stereocenters. The molecule has 1 aromatic rings. The van der Waals surface area contributed by atoms with Crippen molar-refractivity contribution in [3.63, 3.8) is 0 Å². The molecule has 2 N–H and O–H groups in total. The second-order valence-corrected chi connectivity index (χ2v) is 7.04. The lowest BCUT2D eigenvalue weighted by Gasteiger charge is -2.28. The Balaban J connectivity index is 1.45. The summed E-state index contributed by atoms with van der Waals surface area (Å²) >= 11 is 0. The van der Waals surface area contributed by atoms with Gasteiger partial charge in [-0.1, -0.05) is 18.9 Å². The largest absolute Gasteiger partial charge is 0.353 e. The van der Waals surface area contributed by atoms with Crippen molar-refractivity contribution in [3.05, 3.63) is 30.1 Å². The maximum atomic E-state index is 13.2. The van der Waals surface area contributed by atoms with Gasteiger partial charge in [-0.2, -0.15) is 0 Å². The van der Waals surface area contributed by atoms with E-state index in [9.17, 15) is 14.0 Å². The number of hydrogen-bond acceptors (Lipinski definition) is 2. The van der Waals surface area contributed by atoms with E-state index < -0.39 is 0 Å². The Morgan fingerprint density at radius 2 is 1.54 bits per heavy atom. The third-order valence-electron chi connectivity index (χ3n) is 5.26. The fraction of sp³-hybridized carbons (Fsp3) is 0.579. The van der Waals surface area contributed by atoms with Crippen LogP contribution in [0.25, 0.3) is 0 Å². The van der Waals surface area contributed by atoms with Crippen LogP contribution in [-0.2, 0) is 9.59 Å². The molecule has 0 bridgehead atoms. The molecular formula is C19H25FN2O2. The summed E-state index contributed by atoms with van der Waals surface area (Å²) in [6.07, 6.45) is 7.53. The van der Waals surface area contributed by atoms with Crippen molar-refractivity contribution >= 4 is 17.5 Å². The Morgan fingerprint density at radius 1 is 0.917 bits per heavy atom. The van der Waals surface area contributed by atoms with Gasteiger partial charge in [0.25, 0.3) is 0 Å². The topological polar surface area (TPSA) is 58.2 Å². The fourth-order valence-corrected chi connectivity index (χ4v) is 3.82. The van der Waals surface area contributed by atoms with Crippen LogP contribution >= 0.6 is 0 Å². The van der Waals surface area contributed by atoms with E-state index in [1.165, 1.54) is 25.0 Å². The van der Waals surface area contributed by atoms with E-state index in [2.05, 4.69) is 10.6 Å². The van der Waals surface area contributed by atoms with E-state index in [1.54, 1.807) is 12.1 Å². The van der Waals surface area contributed by atoms with Gasteiger partial charge in [0.2, 0.25) is 11.8 Å². The lowest BCUT2D eigenvalue weighted by Crippen LogP contribution is -2.39. The minimum Gasteiger partial charge on any atom is -0.353 e. The zero-order valence-electron chi connectivity index (χ0n) is 13.9. The average molecular weight is 332 g/mol. The van der Waals surface area contributed by atoms with Crippen molar-refractivity contribution in [2.45, 2.75) is 57.4 Å². The summed E-state index contributed by atoms with van der Waals surface area (Å²) in [5, 5.41) is 5.93. The number of carbonyl (C=O) groups is 2. The molecule has 4 nitrogen and oxygen atoms in total. The number of amides is 2. The third-order valence-corrected chi connectivity index (χ3v) is 5.26. The van der Waals surface area contributed by atoms with E-state index >= 15 is 0 Å². The first-order valence-electron chi connectivity index (χ1n) is 8.98. The second kappa shape index (κ2) is 7.77. The number of hydrogen-bond donors (Lipinski definition) is 2. The predicted molar refractivity (Wildman–Crippen MR) is 90.9 cm³/mol. The highest BCUT2D eigenvalue weighted by Crippen LogP contribution is 2.30. The quantitative estimate of drug-likeness (QED) is 0.884. The van der Waals surface area contributed by atoms with Gasteiger partial charge in [-0.15, -0.1) is 0 Å². The van der Waals surface area contributed by atoms with Crippen LogP contribution in [0.5, 0.6) is 0 Å². The molecule has 3 rings (SSSR count). The number of benzene rings is 1. The predicted octanol–water partition coefficient (Wildman–Crippen LogP) is 3.63. The minimum atomic E-state index is -0.361. The average Bonchev–Trinajstić information content (AvgIpc) is 3.08. The molecule has 0 aromatic heterocycles. The Morgan fingerprint density at radius 3 is 2.17 bits per heavy atom. The molecule has 0 aliphatic heterocycles. The van der Waals surface area contributed by atoms with Crippen molar-refractivity contribution < 1.29 is 14.0 Å². The van der Waals surface area contributed by atoms with Gasteiger partial charge in [-0.25, -0.2) is 4.39 Å². The molecule has 0 heterocycles. The summed E-state index contributed by atoms with van der Waals surface area (Å²) in [6.45, 7) is 0. The molecule has 2 fully saturated rings. The van der Waals surface area contributed by atoms with Gasteiger partial charge in [-0.3, -0.25) is 9.59 Å². The Bertz CT molecular complexity index is 591.